The minimum Gasteiger partial charge on any atom is -0.379 e. The second-order valence-electron chi connectivity index (χ2n) is 7.97. The van der Waals surface area contributed by atoms with E-state index in [4.69, 9.17) is 10.5 Å². The van der Waals surface area contributed by atoms with Gasteiger partial charge in [0.1, 0.15) is 0 Å². The molecule has 1 aromatic carbocycles. The number of rotatable bonds is 8. The molecule has 1 fully saturated rings. The first kappa shape index (κ1) is 25.1. The maximum Gasteiger partial charge on any atom is 0.318 e. The molecule has 0 aliphatic carbocycles. The summed E-state index contributed by atoms with van der Waals surface area (Å²) in [5, 5.41) is 10.4. The number of amides is 3. The molecule has 0 unspecified atom stereocenters. The smallest absolute Gasteiger partial charge is 0.318 e. The number of ether oxygens (including phenoxy) is 1. The van der Waals surface area contributed by atoms with Crippen LogP contribution in [0.5, 0.6) is 0 Å². The number of urea groups is 1. The summed E-state index contributed by atoms with van der Waals surface area (Å²) in [6.07, 6.45) is 0. The molecular formula is C20H28N6O5S2. The highest BCUT2D eigenvalue weighted by Crippen LogP contribution is 2.29. The van der Waals surface area contributed by atoms with Crippen LogP contribution in [-0.2, 0) is 26.1 Å². The number of hydrogen-bond donors (Lipinski definition) is 2. The van der Waals surface area contributed by atoms with Gasteiger partial charge in [-0.2, -0.15) is 4.31 Å². The normalized spacial score (nSPS) is 16.0. The van der Waals surface area contributed by atoms with Crippen molar-refractivity contribution in [2.75, 3.05) is 26.3 Å². The largest absolute Gasteiger partial charge is 0.379 e. The maximum atomic E-state index is 13.1. The molecule has 2 aromatic rings. The zero-order chi connectivity index (χ0) is 24.2. The number of hydrogen-bond acceptors (Lipinski definition) is 8. The van der Waals surface area contributed by atoms with E-state index in [1.54, 1.807) is 31.2 Å². The Morgan fingerprint density at radius 3 is 2.55 bits per heavy atom. The van der Waals surface area contributed by atoms with Gasteiger partial charge in [0, 0.05) is 25.2 Å². The van der Waals surface area contributed by atoms with Gasteiger partial charge in [-0.25, -0.2) is 13.2 Å². The Morgan fingerprint density at radius 2 is 1.91 bits per heavy atom. The van der Waals surface area contributed by atoms with E-state index in [0.29, 0.717) is 49.4 Å². The van der Waals surface area contributed by atoms with Crippen LogP contribution in [-0.4, -0.2) is 71.0 Å². The third-order valence-corrected chi connectivity index (χ3v) is 7.84. The molecule has 2 heterocycles. The van der Waals surface area contributed by atoms with Gasteiger partial charge in [0.2, 0.25) is 15.9 Å². The monoisotopic (exact) mass is 496 g/mol. The molecular weight excluding hydrogens is 468 g/mol. The number of nitrogens with two attached hydrogens (primary N) is 1. The second-order valence-corrected chi connectivity index (χ2v) is 11.2. The number of nitrogens with zero attached hydrogens (tertiary/aromatic N) is 4. The number of morpholine rings is 1. The van der Waals surface area contributed by atoms with Crippen molar-refractivity contribution < 1.29 is 22.7 Å². The highest BCUT2D eigenvalue weighted by molar-refractivity contribution is 8.00. The van der Waals surface area contributed by atoms with Crippen molar-refractivity contribution in [3.63, 3.8) is 0 Å². The number of nitrogens with one attached hydrogen (secondary N) is 1. The molecule has 1 atom stereocenters. The summed E-state index contributed by atoms with van der Waals surface area (Å²) in [6.45, 7) is 7.58. The van der Waals surface area contributed by atoms with Gasteiger partial charge < -0.3 is 15.0 Å². The third kappa shape index (κ3) is 6.10. The van der Waals surface area contributed by atoms with Gasteiger partial charge in [-0.3, -0.25) is 10.1 Å². The van der Waals surface area contributed by atoms with Crippen LogP contribution in [0, 0.1) is 5.92 Å². The summed E-state index contributed by atoms with van der Waals surface area (Å²) in [4.78, 5) is 23.3. The fourth-order valence-electron chi connectivity index (χ4n) is 3.29. The molecule has 1 aliphatic rings. The number of carbonyl (C=O) groups is 2. The zero-order valence-electron chi connectivity index (χ0n) is 18.7. The first-order valence-electron chi connectivity index (χ1n) is 10.5. The Morgan fingerprint density at radius 1 is 1.21 bits per heavy atom. The minimum absolute atomic E-state index is 0.171. The Hall–Kier alpha value is -2.48. The Labute approximate surface area is 197 Å². The number of sulfonamides is 1. The molecule has 1 aromatic heterocycles. The third-order valence-electron chi connectivity index (χ3n) is 4.86. The van der Waals surface area contributed by atoms with E-state index in [1.807, 2.05) is 18.4 Å². The Kier molecular flexibility index (Phi) is 8.10. The summed E-state index contributed by atoms with van der Waals surface area (Å²) >= 11 is 1.14. The molecule has 3 rings (SSSR count). The van der Waals surface area contributed by atoms with E-state index in [1.165, 1.54) is 4.31 Å². The fraction of sp³-hybridized carbons (Fsp3) is 0.500. The molecule has 0 spiro atoms. The minimum atomic E-state index is -3.67. The number of aromatic nitrogens is 3. The average Bonchev–Trinajstić information content (AvgIpc) is 3.15. The molecule has 3 amide bonds. The molecule has 180 valence electrons. The van der Waals surface area contributed by atoms with Crippen LogP contribution in [0.3, 0.4) is 0 Å². The number of imide groups is 1. The van der Waals surface area contributed by atoms with Crippen molar-refractivity contribution >= 4 is 33.7 Å². The van der Waals surface area contributed by atoms with Crippen molar-refractivity contribution in [1.82, 2.24) is 24.4 Å². The first-order valence-corrected chi connectivity index (χ1v) is 12.8. The van der Waals surface area contributed by atoms with Crippen LogP contribution in [0.2, 0.25) is 0 Å². The lowest BCUT2D eigenvalue weighted by molar-refractivity contribution is -0.119. The molecule has 3 N–H and O–H groups in total. The van der Waals surface area contributed by atoms with E-state index in [0.717, 1.165) is 11.8 Å². The summed E-state index contributed by atoms with van der Waals surface area (Å²) < 4.78 is 34.7. The van der Waals surface area contributed by atoms with Crippen LogP contribution in [0.4, 0.5) is 4.79 Å². The van der Waals surface area contributed by atoms with Gasteiger partial charge in [0.05, 0.1) is 23.4 Å². The Balaban J connectivity index is 1.93. The maximum absolute atomic E-state index is 13.1. The summed E-state index contributed by atoms with van der Waals surface area (Å²) in [5.41, 5.74) is 5.63. The number of benzene rings is 1. The molecule has 11 nitrogen and oxygen atoms in total. The highest BCUT2D eigenvalue weighted by Gasteiger charge is 2.27. The van der Waals surface area contributed by atoms with Gasteiger partial charge in [0.15, 0.2) is 11.0 Å². The van der Waals surface area contributed by atoms with E-state index < -0.39 is 27.2 Å². The SMILES string of the molecule is CC(C)Cn1c(S[C@H](C)C(=O)NC(N)=O)nnc1-c1cccc(S(=O)(=O)N2CCOCC2)c1. The van der Waals surface area contributed by atoms with Crippen molar-refractivity contribution in [3.05, 3.63) is 24.3 Å². The summed E-state index contributed by atoms with van der Waals surface area (Å²) in [5.74, 6) is 0.189. The Bertz CT molecular complexity index is 1110. The lowest BCUT2D eigenvalue weighted by atomic mass is 10.2. The van der Waals surface area contributed by atoms with Crippen LogP contribution in [0.1, 0.15) is 20.8 Å². The summed E-state index contributed by atoms with van der Waals surface area (Å²) in [6, 6.07) is 5.67. The molecule has 0 bridgehead atoms. The fourth-order valence-corrected chi connectivity index (χ4v) is 5.60. The van der Waals surface area contributed by atoms with Gasteiger partial charge in [-0.05, 0) is 25.0 Å². The van der Waals surface area contributed by atoms with Gasteiger partial charge >= 0.3 is 6.03 Å². The lowest BCUT2D eigenvalue weighted by Gasteiger charge is -2.26. The van der Waals surface area contributed by atoms with Crippen molar-refractivity contribution in [1.29, 1.82) is 0 Å². The van der Waals surface area contributed by atoms with Crippen LogP contribution in [0.25, 0.3) is 11.4 Å². The van der Waals surface area contributed by atoms with E-state index in [9.17, 15) is 18.0 Å². The topological polar surface area (TPSA) is 150 Å². The lowest BCUT2D eigenvalue weighted by Crippen LogP contribution is -2.40. The summed E-state index contributed by atoms with van der Waals surface area (Å²) in [7, 11) is -3.67. The van der Waals surface area contributed by atoms with Crippen molar-refractivity contribution in [3.8, 4) is 11.4 Å². The van der Waals surface area contributed by atoms with Crippen LogP contribution >= 0.6 is 11.8 Å². The van der Waals surface area contributed by atoms with Crippen LogP contribution < -0.4 is 11.1 Å². The zero-order valence-corrected chi connectivity index (χ0v) is 20.4. The molecule has 13 heteroatoms. The number of carbonyl (C=O) groups excluding carboxylic acids is 2. The predicted octanol–water partition coefficient (Wildman–Crippen LogP) is 1.30. The van der Waals surface area contributed by atoms with Gasteiger partial charge in [-0.1, -0.05) is 37.7 Å². The van der Waals surface area contributed by atoms with Gasteiger partial charge in [-0.15, -0.1) is 10.2 Å². The number of thioether (sulfide) groups is 1. The quantitative estimate of drug-likeness (QED) is 0.519. The number of primary amides is 1. The first-order chi connectivity index (χ1) is 15.6. The van der Waals surface area contributed by atoms with E-state index >= 15 is 0 Å². The molecule has 1 aliphatic heterocycles. The van der Waals surface area contributed by atoms with E-state index in [-0.39, 0.29) is 10.8 Å². The predicted molar refractivity (Wildman–Crippen MR) is 123 cm³/mol. The van der Waals surface area contributed by atoms with Crippen molar-refractivity contribution in [2.24, 2.45) is 11.7 Å². The van der Waals surface area contributed by atoms with E-state index in [2.05, 4.69) is 15.5 Å². The molecule has 0 radical (unpaired) electrons. The van der Waals surface area contributed by atoms with Crippen LogP contribution in [0.15, 0.2) is 34.3 Å². The molecule has 1 saturated heterocycles. The van der Waals surface area contributed by atoms with Crippen molar-refractivity contribution in [2.45, 2.75) is 42.6 Å². The standard InChI is InChI=1S/C20H28N6O5S2/c1-13(2)12-26-17(23-24-20(26)32-14(3)18(27)22-19(21)28)15-5-4-6-16(11-15)33(29,30)25-7-9-31-10-8-25/h4-6,11,13-14H,7-10,12H2,1-3H3,(H3,21,22,27,28)/t14-/m1/s1. The highest BCUT2D eigenvalue weighted by atomic mass is 32.2. The molecule has 33 heavy (non-hydrogen) atoms. The van der Waals surface area contributed by atoms with Gasteiger partial charge in [0.25, 0.3) is 0 Å². The molecule has 0 saturated carbocycles. The second kappa shape index (κ2) is 10.6. The average molecular weight is 497 g/mol.